The maximum atomic E-state index is 12.2. The minimum absolute atomic E-state index is 0.0513. The standard InChI is InChI=1S/C22H23N3O3S/c1-3-12-25-21(27)18(20(26)24-22(25)29)14-23-11-10-17(19-5-4-13-28-19)16-8-6-15(2)7-9-16/h3-9,13-14,17,27H,1,10-12H2,2H3,(H,24,26,29). The maximum Gasteiger partial charge on any atom is 0.264 e. The van der Waals surface area contributed by atoms with Gasteiger partial charge in [0.15, 0.2) is 4.77 Å². The molecule has 0 aliphatic rings. The number of furan rings is 1. The van der Waals surface area contributed by atoms with Gasteiger partial charge in [0.2, 0.25) is 5.88 Å². The summed E-state index contributed by atoms with van der Waals surface area (Å²) >= 11 is 5.08. The van der Waals surface area contributed by atoms with Crippen molar-refractivity contribution in [2.24, 2.45) is 4.99 Å². The predicted octanol–water partition coefficient (Wildman–Crippen LogP) is 4.34. The highest BCUT2D eigenvalue weighted by Gasteiger charge is 2.16. The molecule has 3 rings (SSSR count). The van der Waals surface area contributed by atoms with Crippen LogP contribution in [0.15, 0.2) is 69.5 Å². The Hall–Kier alpha value is -3.19. The number of hydrogen-bond acceptors (Lipinski definition) is 5. The lowest BCUT2D eigenvalue weighted by Crippen LogP contribution is -2.18. The number of aromatic hydroxyl groups is 1. The lowest BCUT2D eigenvalue weighted by atomic mass is 9.92. The number of nitrogens with one attached hydrogen (secondary N) is 1. The number of aliphatic imine (C=N–C) groups is 1. The van der Waals surface area contributed by atoms with Crippen molar-refractivity contribution in [3.8, 4) is 5.88 Å². The molecule has 0 aliphatic heterocycles. The third-order valence-electron chi connectivity index (χ3n) is 4.65. The van der Waals surface area contributed by atoms with Gasteiger partial charge in [0.25, 0.3) is 5.56 Å². The summed E-state index contributed by atoms with van der Waals surface area (Å²) in [7, 11) is 0. The Morgan fingerprint density at radius 2 is 2.10 bits per heavy atom. The van der Waals surface area contributed by atoms with Crippen molar-refractivity contribution in [3.05, 3.63) is 92.9 Å². The zero-order valence-corrected chi connectivity index (χ0v) is 17.0. The van der Waals surface area contributed by atoms with Gasteiger partial charge in [-0.05, 0) is 43.3 Å². The zero-order valence-electron chi connectivity index (χ0n) is 16.2. The first-order valence-electron chi connectivity index (χ1n) is 9.28. The monoisotopic (exact) mass is 409 g/mol. The smallest absolute Gasteiger partial charge is 0.264 e. The van der Waals surface area contributed by atoms with Gasteiger partial charge in [-0.25, -0.2) is 0 Å². The van der Waals surface area contributed by atoms with Crippen molar-refractivity contribution in [3.63, 3.8) is 0 Å². The summed E-state index contributed by atoms with van der Waals surface area (Å²) in [6.07, 6.45) is 5.32. The minimum atomic E-state index is -0.474. The van der Waals surface area contributed by atoms with Gasteiger partial charge in [-0.2, -0.15) is 0 Å². The van der Waals surface area contributed by atoms with E-state index in [0.29, 0.717) is 13.0 Å². The van der Waals surface area contributed by atoms with Crippen molar-refractivity contribution >= 4 is 18.4 Å². The Bertz CT molecular complexity index is 1110. The SMILES string of the molecule is C=CCn1c(O)c(C=NCCC(c2ccc(C)cc2)c2ccco2)c(=O)[nH]c1=S. The van der Waals surface area contributed by atoms with E-state index in [4.69, 9.17) is 16.6 Å². The van der Waals surface area contributed by atoms with Crippen LogP contribution in [0, 0.1) is 11.7 Å². The van der Waals surface area contributed by atoms with Gasteiger partial charge >= 0.3 is 0 Å². The molecule has 0 saturated heterocycles. The van der Waals surface area contributed by atoms with E-state index in [0.717, 1.165) is 11.3 Å². The van der Waals surface area contributed by atoms with Crippen LogP contribution in [0.25, 0.3) is 0 Å². The highest BCUT2D eigenvalue weighted by molar-refractivity contribution is 7.71. The summed E-state index contributed by atoms with van der Waals surface area (Å²) in [5, 5.41) is 10.4. The number of H-pyrrole nitrogens is 1. The molecule has 0 bridgehead atoms. The van der Waals surface area contributed by atoms with Gasteiger partial charge in [-0.3, -0.25) is 19.3 Å². The van der Waals surface area contributed by atoms with Gasteiger partial charge < -0.3 is 9.52 Å². The number of hydrogen-bond donors (Lipinski definition) is 2. The lowest BCUT2D eigenvalue weighted by molar-refractivity contribution is 0.413. The van der Waals surface area contributed by atoms with Crippen LogP contribution in [0.3, 0.4) is 0 Å². The van der Waals surface area contributed by atoms with E-state index < -0.39 is 5.56 Å². The van der Waals surface area contributed by atoms with Crippen molar-refractivity contribution in [2.75, 3.05) is 6.54 Å². The average Bonchev–Trinajstić information content (AvgIpc) is 3.22. The van der Waals surface area contributed by atoms with E-state index in [-0.39, 0.29) is 28.7 Å². The molecule has 0 spiro atoms. The van der Waals surface area contributed by atoms with E-state index >= 15 is 0 Å². The summed E-state index contributed by atoms with van der Waals surface area (Å²) in [4.78, 5) is 19.1. The quantitative estimate of drug-likeness (QED) is 0.329. The van der Waals surface area contributed by atoms with Gasteiger partial charge in [0, 0.05) is 25.2 Å². The Labute approximate surface area is 173 Å². The largest absolute Gasteiger partial charge is 0.494 e. The molecule has 2 heterocycles. The first kappa shape index (κ1) is 20.5. The van der Waals surface area contributed by atoms with Gasteiger partial charge in [-0.15, -0.1) is 6.58 Å². The number of rotatable bonds is 8. The molecule has 2 aromatic heterocycles. The summed E-state index contributed by atoms with van der Waals surface area (Å²) in [6.45, 7) is 6.42. The molecule has 0 radical (unpaired) electrons. The molecule has 29 heavy (non-hydrogen) atoms. The van der Waals surface area contributed by atoms with Crippen LogP contribution in [0.2, 0.25) is 0 Å². The molecule has 6 nitrogen and oxygen atoms in total. The number of benzene rings is 1. The van der Waals surface area contributed by atoms with Gasteiger partial charge in [-0.1, -0.05) is 35.9 Å². The van der Waals surface area contributed by atoms with E-state index in [1.54, 1.807) is 12.3 Å². The first-order valence-corrected chi connectivity index (χ1v) is 9.69. The highest BCUT2D eigenvalue weighted by atomic mass is 32.1. The van der Waals surface area contributed by atoms with Crippen LogP contribution < -0.4 is 5.56 Å². The van der Waals surface area contributed by atoms with Crippen LogP contribution in [0.5, 0.6) is 5.88 Å². The molecule has 0 amide bonds. The van der Waals surface area contributed by atoms with Crippen molar-refractivity contribution in [1.29, 1.82) is 0 Å². The predicted molar refractivity (Wildman–Crippen MR) is 117 cm³/mol. The Morgan fingerprint density at radius 3 is 2.76 bits per heavy atom. The number of aryl methyl sites for hydroxylation is 1. The number of aromatic nitrogens is 2. The molecular formula is C22H23N3O3S. The van der Waals surface area contributed by atoms with Crippen LogP contribution in [-0.4, -0.2) is 27.4 Å². The maximum absolute atomic E-state index is 12.2. The zero-order chi connectivity index (χ0) is 20.8. The fraction of sp³-hybridized carbons (Fsp3) is 0.227. The number of nitrogens with zero attached hydrogens (tertiary/aromatic N) is 2. The van der Waals surface area contributed by atoms with Gasteiger partial charge in [0.1, 0.15) is 11.3 Å². The van der Waals surface area contributed by atoms with E-state index in [9.17, 15) is 9.90 Å². The molecule has 1 unspecified atom stereocenters. The fourth-order valence-corrected chi connectivity index (χ4v) is 3.36. The van der Waals surface area contributed by atoms with E-state index in [2.05, 4.69) is 40.8 Å². The molecule has 1 atom stereocenters. The molecule has 7 heteroatoms. The molecule has 0 saturated carbocycles. The molecule has 3 aromatic rings. The van der Waals surface area contributed by atoms with Crippen molar-refractivity contribution in [1.82, 2.24) is 9.55 Å². The molecule has 2 N–H and O–H groups in total. The summed E-state index contributed by atoms with van der Waals surface area (Å²) in [6, 6.07) is 12.1. The second-order valence-electron chi connectivity index (χ2n) is 6.70. The third kappa shape index (κ3) is 4.81. The van der Waals surface area contributed by atoms with Crippen LogP contribution >= 0.6 is 12.2 Å². The second-order valence-corrected chi connectivity index (χ2v) is 7.09. The fourth-order valence-electron chi connectivity index (χ4n) is 3.11. The van der Waals surface area contributed by atoms with E-state index in [1.165, 1.54) is 16.3 Å². The van der Waals surface area contributed by atoms with Gasteiger partial charge in [0.05, 0.1) is 6.26 Å². The average molecular weight is 410 g/mol. The van der Waals surface area contributed by atoms with E-state index in [1.807, 2.05) is 19.1 Å². The Kier molecular flexibility index (Phi) is 6.61. The Balaban J connectivity index is 1.80. The summed E-state index contributed by atoms with van der Waals surface area (Å²) in [5.41, 5.74) is 1.93. The normalized spacial score (nSPS) is 12.3. The number of aromatic amines is 1. The molecule has 1 aromatic carbocycles. The molecular weight excluding hydrogens is 386 g/mol. The molecule has 150 valence electrons. The van der Waals surface area contributed by atoms with Crippen LogP contribution in [0.1, 0.15) is 34.8 Å². The van der Waals surface area contributed by atoms with Crippen molar-refractivity contribution in [2.45, 2.75) is 25.8 Å². The lowest BCUT2D eigenvalue weighted by Gasteiger charge is -2.14. The number of allylic oxidation sites excluding steroid dienone is 1. The molecule has 0 fully saturated rings. The van der Waals surface area contributed by atoms with Crippen LogP contribution in [-0.2, 0) is 6.54 Å². The molecule has 0 aliphatic carbocycles. The second kappa shape index (κ2) is 9.34. The topological polar surface area (TPSA) is 83.5 Å². The third-order valence-corrected chi connectivity index (χ3v) is 4.97. The summed E-state index contributed by atoms with van der Waals surface area (Å²) < 4.78 is 7.15. The Morgan fingerprint density at radius 1 is 1.34 bits per heavy atom. The minimum Gasteiger partial charge on any atom is -0.494 e. The van der Waals surface area contributed by atoms with Crippen molar-refractivity contribution < 1.29 is 9.52 Å². The van der Waals surface area contributed by atoms with Crippen LogP contribution in [0.4, 0.5) is 0 Å². The highest BCUT2D eigenvalue weighted by Crippen LogP contribution is 2.28. The summed E-state index contributed by atoms with van der Waals surface area (Å²) in [5.74, 6) is 0.697. The first-order chi connectivity index (χ1) is 14.0.